The molecule has 21 heavy (non-hydrogen) atoms. The van der Waals surface area contributed by atoms with Crippen molar-refractivity contribution in [3.8, 4) is 0 Å². The van der Waals surface area contributed by atoms with E-state index in [1.165, 1.54) is 0 Å². The molecule has 0 spiro atoms. The molecule has 1 aromatic carbocycles. The van der Waals surface area contributed by atoms with Crippen LogP contribution in [0.5, 0.6) is 0 Å². The van der Waals surface area contributed by atoms with Gasteiger partial charge in [0.25, 0.3) is 0 Å². The highest BCUT2D eigenvalue weighted by molar-refractivity contribution is 5.93. The van der Waals surface area contributed by atoms with Crippen molar-refractivity contribution < 1.29 is 19.4 Å². The maximum Gasteiger partial charge on any atom is 0.248 e. The van der Waals surface area contributed by atoms with E-state index in [0.29, 0.717) is 18.7 Å². The average Bonchev–Trinajstić information content (AvgIpc) is 2.99. The second-order valence-corrected chi connectivity index (χ2v) is 5.15. The molecule has 6 heteroatoms. The van der Waals surface area contributed by atoms with Gasteiger partial charge in [-0.1, -0.05) is 0 Å². The molecule has 0 aromatic heterocycles. The maximum atomic E-state index is 10.9. The van der Waals surface area contributed by atoms with Gasteiger partial charge in [-0.2, -0.15) is 0 Å². The first-order chi connectivity index (χ1) is 10.1. The summed E-state index contributed by atoms with van der Waals surface area (Å²) in [7, 11) is 0. The Morgan fingerprint density at radius 3 is 2.86 bits per heavy atom. The van der Waals surface area contributed by atoms with Crippen molar-refractivity contribution in [2.24, 2.45) is 5.73 Å². The van der Waals surface area contributed by atoms with Crippen LogP contribution in [0.15, 0.2) is 24.3 Å². The number of nitrogens with two attached hydrogens (primary N) is 1. The summed E-state index contributed by atoms with van der Waals surface area (Å²) < 4.78 is 10.9. The second-order valence-electron chi connectivity index (χ2n) is 5.15. The van der Waals surface area contributed by atoms with Crippen LogP contribution in [-0.4, -0.2) is 49.6 Å². The van der Waals surface area contributed by atoms with Crippen LogP contribution in [0.3, 0.4) is 0 Å². The molecule has 4 N–H and O–H groups in total. The fourth-order valence-corrected chi connectivity index (χ4v) is 2.16. The van der Waals surface area contributed by atoms with E-state index in [0.717, 1.165) is 25.1 Å². The number of rotatable bonds is 8. The summed E-state index contributed by atoms with van der Waals surface area (Å²) in [5, 5.41) is 12.9. The number of ether oxygens (including phenoxy) is 2. The van der Waals surface area contributed by atoms with Gasteiger partial charge in [0.15, 0.2) is 0 Å². The van der Waals surface area contributed by atoms with Crippen LogP contribution in [0.25, 0.3) is 0 Å². The lowest BCUT2D eigenvalue weighted by molar-refractivity contribution is -0.0137. The SMILES string of the molecule is NC(=O)c1ccc(NCC(O)COCC2CCCO2)cc1. The number of hydrogen-bond acceptors (Lipinski definition) is 5. The molecule has 1 aliphatic heterocycles. The van der Waals surface area contributed by atoms with Crippen molar-refractivity contribution in [2.75, 3.05) is 31.7 Å². The van der Waals surface area contributed by atoms with Crippen molar-refractivity contribution in [3.05, 3.63) is 29.8 Å². The zero-order valence-corrected chi connectivity index (χ0v) is 12.0. The minimum atomic E-state index is -0.595. The van der Waals surface area contributed by atoms with Gasteiger partial charge in [-0.25, -0.2) is 0 Å². The van der Waals surface area contributed by atoms with Crippen LogP contribution >= 0.6 is 0 Å². The van der Waals surface area contributed by atoms with Crippen LogP contribution in [0, 0.1) is 0 Å². The lowest BCUT2D eigenvalue weighted by atomic mass is 10.2. The number of carbonyl (C=O) groups excluding carboxylic acids is 1. The van der Waals surface area contributed by atoms with E-state index in [4.69, 9.17) is 15.2 Å². The van der Waals surface area contributed by atoms with Gasteiger partial charge < -0.3 is 25.6 Å². The molecule has 0 bridgehead atoms. The molecular formula is C15H22N2O4. The summed E-state index contributed by atoms with van der Waals surface area (Å²) in [6.45, 7) is 1.98. The lowest BCUT2D eigenvalue weighted by Gasteiger charge is -2.15. The summed E-state index contributed by atoms with van der Waals surface area (Å²) in [6, 6.07) is 6.79. The fraction of sp³-hybridized carbons (Fsp3) is 0.533. The highest BCUT2D eigenvalue weighted by Crippen LogP contribution is 2.12. The first-order valence-corrected chi connectivity index (χ1v) is 7.16. The molecule has 1 aliphatic rings. The Balaban J connectivity index is 1.63. The van der Waals surface area contributed by atoms with Crippen molar-refractivity contribution in [3.63, 3.8) is 0 Å². The number of primary amides is 1. The third-order valence-electron chi connectivity index (χ3n) is 3.35. The Bertz CT molecular complexity index is 443. The summed E-state index contributed by atoms with van der Waals surface area (Å²) in [5.41, 5.74) is 6.44. The Kier molecular flexibility index (Phi) is 5.98. The Morgan fingerprint density at radius 1 is 1.48 bits per heavy atom. The fourth-order valence-electron chi connectivity index (χ4n) is 2.16. The molecule has 0 aliphatic carbocycles. The predicted octanol–water partition coefficient (Wildman–Crippen LogP) is 0.754. The molecule has 0 radical (unpaired) electrons. The number of aliphatic hydroxyl groups is 1. The van der Waals surface area contributed by atoms with Crippen molar-refractivity contribution >= 4 is 11.6 Å². The number of hydrogen-bond donors (Lipinski definition) is 3. The van der Waals surface area contributed by atoms with Crippen LogP contribution in [0.4, 0.5) is 5.69 Å². The molecule has 2 rings (SSSR count). The van der Waals surface area contributed by atoms with Gasteiger partial charge in [0.2, 0.25) is 5.91 Å². The minimum Gasteiger partial charge on any atom is -0.389 e. The van der Waals surface area contributed by atoms with E-state index in [1.807, 2.05) is 0 Å². The first-order valence-electron chi connectivity index (χ1n) is 7.16. The van der Waals surface area contributed by atoms with Gasteiger partial charge >= 0.3 is 0 Å². The van der Waals surface area contributed by atoms with E-state index in [9.17, 15) is 9.90 Å². The van der Waals surface area contributed by atoms with E-state index < -0.39 is 12.0 Å². The van der Waals surface area contributed by atoms with Gasteiger partial charge in [-0.15, -0.1) is 0 Å². The molecule has 1 saturated heterocycles. The van der Waals surface area contributed by atoms with Gasteiger partial charge in [0.05, 0.1) is 25.4 Å². The van der Waals surface area contributed by atoms with E-state index in [-0.39, 0.29) is 12.7 Å². The van der Waals surface area contributed by atoms with Gasteiger partial charge in [-0.05, 0) is 37.1 Å². The molecule has 0 saturated carbocycles. The Morgan fingerprint density at radius 2 is 2.24 bits per heavy atom. The topological polar surface area (TPSA) is 93.8 Å². The molecule has 1 amide bonds. The number of anilines is 1. The first kappa shape index (κ1) is 15.8. The summed E-state index contributed by atoms with van der Waals surface area (Å²) in [5.74, 6) is -0.455. The van der Waals surface area contributed by atoms with Crippen LogP contribution in [0.2, 0.25) is 0 Å². The average molecular weight is 294 g/mol. The number of aliphatic hydroxyl groups excluding tert-OH is 1. The molecule has 1 heterocycles. The van der Waals surface area contributed by atoms with E-state index in [2.05, 4.69) is 5.32 Å². The summed E-state index contributed by atoms with van der Waals surface area (Å²) in [4.78, 5) is 10.9. The second kappa shape index (κ2) is 7.97. The number of benzene rings is 1. The zero-order valence-electron chi connectivity index (χ0n) is 12.0. The smallest absolute Gasteiger partial charge is 0.248 e. The van der Waals surface area contributed by atoms with Crippen molar-refractivity contribution in [2.45, 2.75) is 25.0 Å². The highest BCUT2D eigenvalue weighted by Gasteiger charge is 2.16. The minimum absolute atomic E-state index is 0.173. The number of nitrogens with one attached hydrogen (secondary N) is 1. The van der Waals surface area contributed by atoms with Crippen LogP contribution in [0.1, 0.15) is 23.2 Å². The van der Waals surface area contributed by atoms with E-state index >= 15 is 0 Å². The third kappa shape index (κ3) is 5.34. The van der Waals surface area contributed by atoms with Crippen molar-refractivity contribution in [1.29, 1.82) is 0 Å². The summed E-state index contributed by atoms with van der Waals surface area (Å²) in [6.07, 6.45) is 1.69. The number of amides is 1. The van der Waals surface area contributed by atoms with Crippen LogP contribution in [-0.2, 0) is 9.47 Å². The largest absolute Gasteiger partial charge is 0.389 e. The van der Waals surface area contributed by atoms with Gasteiger partial charge in [0, 0.05) is 24.4 Å². The quantitative estimate of drug-likeness (QED) is 0.658. The monoisotopic (exact) mass is 294 g/mol. The predicted molar refractivity (Wildman–Crippen MR) is 79.2 cm³/mol. The molecule has 2 atom stereocenters. The highest BCUT2D eigenvalue weighted by atomic mass is 16.5. The normalized spacial score (nSPS) is 19.4. The number of carbonyl (C=O) groups is 1. The summed E-state index contributed by atoms with van der Waals surface area (Å²) >= 11 is 0. The van der Waals surface area contributed by atoms with Gasteiger partial charge in [0.1, 0.15) is 0 Å². The van der Waals surface area contributed by atoms with Crippen molar-refractivity contribution in [1.82, 2.24) is 0 Å². The third-order valence-corrected chi connectivity index (χ3v) is 3.35. The van der Waals surface area contributed by atoms with Gasteiger partial charge in [-0.3, -0.25) is 4.79 Å². The Hall–Kier alpha value is -1.63. The molecule has 6 nitrogen and oxygen atoms in total. The molecular weight excluding hydrogens is 272 g/mol. The molecule has 116 valence electrons. The Labute approximate surface area is 124 Å². The van der Waals surface area contributed by atoms with Crippen LogP contribution < -0.4 is 11.1 Å². The lowest BCUT2D eigenvalue weighted by Crippen LogP contribution is -2.27. The molecule has 1 aromatic rings. The van der Waals surface area contributed by atoms with E-state index in [1.54, 1.807) is 24.3 Å². The maximum absolute atomic E-state index is 10.9. The standard InChI is InChI=1S/C15H22N2O4/c16-15(19)11-3-5-12(6-4-11)17-8-13(18)9-20-10-14-2-1-7-21-14/h3-6,13-14,17-18H,1-2,7-10H2,(H2,16,19). The zero-order chi connectivity index (χ0) is 15.1. The molecule has 1 fully saturated rings. The molecule has 2 unspecified atom stereocenters.